The van der Waals surface area contributed by atoms with Crippen molar-refractivity contribution in [3.63, 3.8) is 0 Å². The fourth-order valence-corrected chi connectivity index (χ4v) is 3.24. The van der Waals surface area contributed by atoms with E-state index in [1.165, 1.54) is 12.6 Å². The lowest BCUT2D eigenvalue weighted by molar-refractivity contribution is 0.0515. The number of furan rings is 1. The monoisotopic (exact) mass is 391 g/mol. The first-order chi connectivity index (χ1) is 14.1. The quantitative estimate of drug-likeness (QED) is 0.735. The third-order valence-electron chi connectivity index (χ3n) is 4.76. The van der Waals surface area contributed by atoms with Gasteiger partial charge in [-0.15, -0.1) is 0 Å². The highest BCUT2D eigenvalue weighted by Crippen LogP contribution is 2.17. The van der Waals surface area contributed by atoms with Gasteiger partial charge < -0.3 is 19.5 Å². The molecule has 2 amide bonds. The van der Waals surface area contributed by atoms with Crippen molar-refractivity contribution in [1.29, 1.82) is 0 Å². The number of amides is 2. The maximum atomic E-state index is 12.8. The molecule has 1 N–H and O–H groups in total. The zero-order valence-corrected chi connectivity index (χ0v) is 16.0. The fraction of sp³-hybridized carbons (Fsp3) is 0.238. The van der Waals surface area contributed by atoms with Crippen LogP contribution in [0.25, 0.3) is 0 Å². The van der Waals surface area contributed by atoms with Gasteiger partial charge in [-0.05, 0) is 36.8 Å². The molecule has 8 heteroatoms. The molecule has 0 saturated carbocycles. The van der Waals surface area contributed by atoms with Crippen LogP contribution in [-0.4, -0.2) is 57.8 Å². The predicted octanol–water partition coefficient (Wildman–Crippen LogP) is 2.72. The molecule has 0 atom stereocenters. The molecule has 29 heavy (non-hydrogen) atoms. The molecule has 1 aromatic carbocycles. The highest BCUT2D eigenvalue weighted by Gasteiger charge is 2.27. The SMILES string of the molecule is Cc1cccc(Nc2cc(C(=O)N3CCN(C(=O)c4ccco4)CC3)ncn2)c1. The zero-order valence-electron chi connectivity index (χ0n) is 16.0. The molecular formula is C21H21N5O3. The number of carbonyl (C=O) groups excluding carboxylic acids is 2. The number of aromatic nitrogens is 2. The predicted molar refractivity (Wildman–Crippen MR) is 107 cm³/mol. The first-order valence-electron chi connectivity index (χ1n) is 9.38. The largest absolute Gasteiger partial charge is 0.459 e. The second-order valence-electron chi connectivity index (χ2n) is 6.84. The molecule has 0 radical (unpaired) electrons. The Hall–Kier alpha value is -3.68. The van der Waals surface area contributed by atoms with Gasteiger partial charge in [0.2, 0.25) is 0 Å². The smallest absolute Gasteiger partial charge is 0.289 e. The number of anilines is 2. The number of piperazine rings is 1. The molecule has 148 valence electrons. The van der Waals surface area contributed by atoms with Crippen LogP contribution in [0.3, 0.4) is 0 Å². The average molecular weight is 391 g/mol. The maximum absolute atomic E-state index is 12.8. The first kappa shape index (κ1) is 18.7. The number of nitrogens with zero attached hydrogens (tertiary/aromatic N) is 4. The summed E-state index contributed by atoms with van der Waals surface area (Å²) >= 11 is 0. The Bertz CT molecular complexity index is 1010. The molecule has 1 saturated heterocycles. The number of hydrogen-bond acceptors (Lipinski definition) is 6. The summed E-state index contributed by atoms with van der Waals surface area (Å²) in [6.07, 6.45) is 2.85. The highest BCUT2D eigenvalue weighted by molar-refractivity contribution is 5.94. The molecule has 3 heterocycles. The molecule has 0 bridgehead atoms. The van der Waals surface area contributed by atoms with Gasteiger partial charge in [0, 0.05) is 37.9 Å². The van der Waals surface area contributed by atoms with Crippen molar-refractivity contribution in [3.05, 3.63) is 72.1 Å². The van der Waals surface area contributed by atoms with Gasteiger partial charge in [-0.2, -0.15) is 0 Å². The minimum Gasteiger partial charge on any atom is -0.459 e. The molecule has 0 unspecified atom stereocenters. The summed E-state index contributed by atoms with van der Waals surface area (Å²) < 4.78 is 5.17. The zero-order chi connectivity index (χ0) is 20.2. The Balaban J connectivity index is 1.39. The summed E-state index contributed by atoms with van der Waals surface area (Å²) in [5.41, 5.74) is 2.34. The van der Waals surface area contributed by atoms with Crippen molar-refractivity contribution < 1.29 is 14.0 Å². The fourth-order valence-electron chi connectivity index (χ4n) is 3.24. The van der Waals surface area contributed by atoms with E-state index in [0.717, 1.165) is 11.3 Å². The second-order valence-corrected chi connectivity index (χ2v) is 6.84. The third-order valence-corrected chi connectivity index (χ3v) is 4.76. The van der Waals surface area contributed by atoms with E-state index >= 15 is 0 Å². The number of carbonyl (C=O) groups is 2. The highest BCUT2D eigenvalue weighted by atomic mass is 16.3. The van der Waals surface area contributed by atoms with E-state index < -0.39 is 0 Å². The molecule has 0 spiro atoms. The van der Waals surface area contributed by atoms with Crippen molar-refractivity contribution in [3.8, 4) is 0 Å². The molecular weight excluding hydrogens is 370 g/mol. The number of nitrogens with one attached hydrogen (secondary N) is 1. The summed E-state index contributed by atoms with van der Waals surface area (Å²) in [4.78, 5) is 36.9. The van der Waals surface area contributed by atoms with Crippen LogP contribution in [0.2, 0.25) is 0 Å². The molecule has 3 aromatic rings. The maximum Gasteiger partial charge on any atom is 0.289 e. The Labute approximate surface area is 168 Å². The topological polar surface area (TPSA) is 91.6 Å². The lowest BCUT2D eigenvalue weighted by Gasteiger charge is -2.34. The van der Waals surface area contributed by atoms with Crippen molar-refractivity contribution in [2.45, 2.75) is 6.92 Å². The van der Waals surface area contributed by atoms with E-state index in [4.69, 9.17) is 4.42 Å². The molecule has 0 aliphatic carbocycles. The van der Waals surface area contributed by atoms with Crippen LogP contribution >= 0.6 is 0 Å². The van der Waals surface area contributed by atoms with Crippen molar-refractivity contribution in [2.75, 3.05) is 31.5 Å². The van der Waals surface area contributed by atoms with Gasteiger partial charge in [0.25, 0.3) is 11.8 Å². The van der Waals surface area contributed by atoms with Gasteiger partial charge in [-0.25, -0.2) is 9.97 Å². The van der Waals surface area contributed by atoms with Gasteiger partial charge in [0.1, 0.15) is 17.8 Å². The van der Waals surface area contributed by atoms with E-state index in [-0.39, 0.29) is 11.8 Å². The third kappa shape index (κ3) is 4.26. The lowest BCUT2D eigenvalue weighted by Crippen LogP contribution is -2.50. The summed E-state index contributed by atoms with van der Waals surface area (Å²) in [5.74, 6) is 0.534. The van der Waals surface area contributed by atoms with Gasteiger partial charge in [-0.1, -0.05) is 12.1 Å². The van der Waals surface area contributed by atoms with E-state index in [9.17, 15) is 9.59 Å². The number of hydrogen-bond donors (Lipinski definition) is 1. The molecule has 8 nitrogen and oxygen atoms in total. The van der Waals surface area contributed by atoms with Crippen LogP contribution in [0, 0.1) is 6.92 Å². The van der Waals surface area contributed by atoms with Crippen molar-refractivity contribution in [1.82, 2.24) is 19.8 Å². The van der Waals surface area contributed by atoms with Crippen molar-refractivity contribution in [2.24, 2.45) is 0 Å². The molecule has 1 fully saturated rings. The number of rotatable bonds is 4. The molecule has 4 rings (SSSR count). The normalized spacial score (nSPS) is 14.0. The average Bonchev–Trinajstić information content (AvgIpc) is 3.28. The molecule has 2 aromatic heterocycles. The number of benzene rings is 1. The van der Waals surface area contributed by atoms with E-state index in [1.54, 1.807) is 28.0 Å². The summed E-state index contributed by atoms with van der Waals surface area (Å²) in [5, 5.41) is 3.20. The lowest BCUT2D eigenvalue weighted by atomic mass is 10.2. The first-order valence-corrected chi connectivity index (χ1v) is 9.38. The van der Waals surface area contributed by atoms with Gasteiger partial charge in [0.05, 0.1) is 6.26 Å². The number of aryl methyl sites for hydroxylation is 1. The molecule has 1 aliphatic rings. The van der Waals surface area contributed by atoms with Crippen molar-refractivity contribution >= 4 is 23.3 Å². The van der Waals surface area contributed by atoms with Crippen LogP contribution in [0.15, 0.2) is 59.5 Å². The van der Waals surface area contributed by atoms with Crippen LogP contribution < -0.4 is 5.32 Å². The van der Waals surface area contributed by atoms with E-state index in [0.29, 0.717) is 43.5 Å². The van der Waals surface area contributed by atoms with Crippen LogP contribution in [0.5, 0.6) is 0 Å². The molecule has 1 aliphatic heterocycles. The Morgan fingerprint density at radius 3 is 2.41 bits per heavy atom. The van der Waals surface area contributed by atoms with Gasteiger partial charge >= 0.3 is 0 Å². The van der Waals surface area contributed by atoms with E-state index in [1.807, 2.05) is 31.2 Å². The van der Waals surface area contributed by atoms with Crippen LogP contribution in [0.4, 0.5) is 11.5 Å². The van der Waals surface area contributed by atoms with Crippen LogP contribution in [-0.2, 0) is 0 Å². The van der Waals surface area contributed by atoms with E-state index in [2.05, 4.69) is 15.3 Å². The van der Waals surface area contributed by atoms with Crippen LogP contribution in [0.1, 0.15) is 26.6 Å². The summed E-state index contributed by atoms with van der Waals surface area (Å²) in [7, 11) is 0. The van der Waals surface area contributed by atoms with Gasteiger partial charge in [-0.3, -0.25) is 9.59 Å². The van der Waals surface area contributed by atoms with Gasteiger partial charge in [0.15, 0.2) is 5.76 Å². The summed E-state index contributed by atoms with van der Waals surface area (Å²) in [6, 6.07) is 12.9. The Morgan fingerprint density at radius 2 is 1.72 bits per heavy atom. The standard InChI is InChI=1S/C21H21N5O3/c1-15-4-2-5-16(12-15)24-19-13-17(22-14-23-19)20(27)25-7-9-26(10-8-25)21(28)18-6-3-11-29-18/h2-6,11-14H,7-10H2,1H3,(H,22,23,24). The Morgan fingerprint density at radius 1 is 0.966 bits per heavy atom. The minimum absolute atomic E-state index is 0.159. The minimum atomic E-state index is -0.176. The Kier molecular flexibility index (Phi) is 5.24. The summed E-state index contributed by atoms with van der Waals surface area (Å²) in [6.45, 7) is 3.79. The second kappa shape index (κ2) is 8.14.